The van der Waals surface area contributed by atoms with Crippen LogP contribution in [0.4, 0.5) is 0 Å². The highest BCUT2D eigenvalue weighted by atomic mass is 32.1. The van der Waals surface area contributed by atoms with Crippen LogP contribution in [-0.2, 0) is 0 Å². The van der Waals surface area contributed by atoms with Crippen molar-refractivity contribution in [1.82, 2.24) is 8.75 Å². The zero-order chi connectivity index (χ0) is 32.3. The number of nitrogens with zero attached hydrogens (tertiary/aromatic N) is 2. The van der Waals surface area contributed by atoms with Gasteiger partial charge in [-0.25, -0.2) is 0 Å². The SMILES string of the molecule is CCCCCCCCOc1cccc2c(OCCCCCCCC)c(-c3ccc(-c4ccc(-c5cccs5)c5nsnc45)s3)ccc12. The van der Waals surface area contributed by atoms with Crippen LogP contribution < -0.4 is 9.47 Å². The lowest BCUT2D eigenvalue weighted by molar-refractivity contribution is 0.305. The Morgan fingerprint density at radius 1 is 0.532 bits per heavy atom. The molecule has 0 unspecified atom stereocenters. The Morgan fingerprint density at radius 3 is 1.83 bits per heavy atom. The lowest BCUT2D eigenvalue weighted by Gasteiger charge is -2.16. The predicted octanol–water partition coefficient (Wildman–Crippen LogP) is 13.4. The molecule has 0 saturated carbocycles. The maximum atomic E-state index is 6.71. The summed E-state index contributed by atoms with van der Waals surface area (Å²) in [5.41, 5.74) is 5.37. The summed E-state index contributed by atoms with van der Waals surface area (Å²) in [6.07, 6.45) is 15.0. The molecule has 0 aliphatic rings. The molecule has 0 aliphatic heterocycles. The van der Waals surface area contributed by atoms with E-state index in [4.69, 9.17) is 18.2 Å². The van der Waals surface area contributed by atoms with Crippen molar-refractivity contribution >= 4 is 56.2 Å². The number of fused-ring (bicyclic) bond motifs is 2. The van der Waals surface area contributed by atoms with Crippen LogP contribution in [0, 0.1) is 0 Å². The summed E-state index contributed by atoms with van der Waals surface area (Å²) < 4.78 is 22.5. The van der Waals surface area contributed by atoms with E-state index in [1.165, 1.54) is 90.6 Å². The van der Waals surface area contributed by atoms with Crippen molar-refractivity contribution in [3.63, 3.8) is 0 Å². The molecule has 0 fully saturated rings. The number of benzene rings is 3. The summed E-state index contributed by atoms with van der Waals surface area (Å²) >= 11 is 4.82. The molecule has 0 N–H and O–H groups in total. The first kappa shape index (κ1) is 33.6. The van der Waals surface area contributed by atoms with Gasteiger partial charge in [-0.05, 0) is 54.6 Å². The second kappa shape index (κ2) is 17.2. The van der Waals surface area contributed by atoms with Crippen molar-refractivity contribution in [1.29, 1.82) is 0 Å². The highest BCUT2D eigenvalue weighted by Gasteiger charge is 2.19. The predicted molar refractivity (Wildman–Crippen MR) is 205 cm³/mol. The molecule has 6 aromatic rings. The molecule has 6 rings (SSSR count). The van der Waals surface area contributed by atoms with E-state index in [2.05, 4.69) is 86.0 Å². The molecular weight excluding hydrogens is 637 g/mol. The molecule has 4 nitrogen and oxygen atoms in total. The van der Waals surface area contributed by atoms with E-state index in [1.54, 1.807) is 22.7 Å². The van der Waals surface area contributed by atoms with Crippen LogP contribution in [0.2, 0.25) is 0 Å². The molecule has 0 amide bonds. The minimum Gasteiger partial charge on any atom is -0.493 e. The van der Waals surface area contributed by atoms with Gasteiger partial charge in [0.15, 0.2) is 0 Å². The van der Waals surface area contributed by atoms with Gasteiger partial charge in [0.05, 0.1) is 24.9 Å². The molecule has 3 aromatic heterocycles. The monoisotopic (exact) mass is 682 g/mol. The van der Waals surface area contributed by atoms with Crippen LogP contribution in [0.1, 0.15) is 90.9 Å². The van der Waals surface area contributed by atoms with Gasteiger partial charge in [0.25, 0.3) is 0 Å². The number of rotatable bonds is 19. The van der Waals surface area contributed by atoms with Crippen LogP contribution >= 0.6 is 34.4 Å². The molecular formula is C40H46N2O2S3. The molecule has 3 heterocycles. The van der Waals surface area contributed by atoms with E-state index in [1.807, 2.05) is 0 Å². The van der Waals surface area contributed by atoms with E-state index in [0.29, 0.717) is 6.61 Å². The van der Waals surface area contributed by atoms with Gasteiger partial charge in [-0.3, -0.25) is 0 Å². The van der Waals surface area contributed by atoms with Gasteiger partial charge in [-0.1, -0.05) is 108 Å². The van der Waals surface area contributed by atoms with Crippen LogP contribution in [-0.4, -0.2) is 22.0 Å². The third kappa shape index (κ3) is 8.25. The number of unbranched alkanes of at least 4 members (excludes halogenated alkanes) is 10. The highest BCUT2D eigenvalue weighted by Crippen LogP contribution is 2.45. The Hall–Kier alpha value is -3.26. The zero-order valence-electron chi connectivity index (χ0n) is 27.8. The van der Waals surface area contributed by atoms with Gasteiger partial charge in [0, 0.05) is 42.1 Å². The lowest BCUT2D eigenvalue weighted by atomic mass is 10.0. The molecule has 47 heavy (non-hydrogen) atoms. The maximum absolute atomic E-state index is 6.71. The van der Waals surface area contributed by atoms with Crippen LogP contribution in [0.15, 0.2) is 72.1 Å². The highest BCUT2D eigenvalue weighted by molar-refractivity contribution is 7.19. The molecule has 3 aromatic carbocycles. The molecule has 0 spiro atoms. The van der Waals surface area contributed by atoms with Gasteiger partial charge in [-0.2, -0.15) is 8.75 Å². The van der Waals surface area contributed by atoms with Crippen LogP contribution in [0.3, 0.4) is 0 Å². The van der Waals surface area contributed by atoms with E-state index in [-0.39, 0.29) is 0 Å². The number of aromatic nitrogens is 2. The van der Waals surface area contributed by atoms with Gasteiger partial charge in [-0.15, -0.1) is 22.7 Å². The summed E-state index contributed by atoms with van der Waals surface area (Å²) in [5.74, 6) is 1.91. The second-order valence-corrected chi connectivity index (χ2v) is 14.8. The Labute approximate surface area is 292 Å². The first-order valence-electron chi connectivity index (χ1n) is 17.5. The minimum absolute atomic E-state index is 0.717. The number of hydrogen-bond donors (Lipinski definition) is 0. The van der Waals surface area contributed by atoms with Crippen LogP contribution in [0.25, 0.3) is 53.1 Å². The molecule has 0 bridgehead atoms. The Morgan fingerprint density at radius 2 is 1.15 bits per heavy atom. The average molecular weight is 683 g/mol. The van der Waals surface area contributed by atoms with Gasteiger partial charge in [0.2, 0.25) is 0 Å². The van der Waals surface area contributed by atoms with Gasteiger partial charge in [0.1, 0.15) is 22.5 Å². The van der Waals surface area contributed by atoms with Crippen molar-refractivity contribution in [3.8, 4) is 42.8 Å². The van der Waals surface area contributed by atoms with Crippen molar-refractivity contribution in [2.75, 3.05) is 13.2 Å². The smallest absolute Gasteiger partial charge is 0.135 e. The summed E-state index contributed by atoms with van der Waals surface area (Å²) in [6.45, 7) is 6.00. The van der Waals surface area contributed by atoms with E-state index in [9.17, 15) is 0 Å². The lowest BCUT2D eigenvalue weighted by Crippen LogP contribution is -2.01. The first-order valence-corrected chi connectivity index (χ1v) is 19.9. The quantitative estimate of drug-likeness (QED) is 0.0798. The van der Waals surface area contributed by atoms with E-state index in [0.717, 1.165) is 69.4 Å². The molecule has 0 radical (unpaired) electrons. The third-order valence-corrected chi connectivity index (χ3v) is 11.4. The molecule has 246 valence electrons. The van der Waals surface area contributed by atoms with Gasteiger partial charge >= 0.3 is 0 Å². The minimum atomic E-state index is 0.717. The maximum Gasteiger partial charge on any atom is 0.135 e. The molecule has 0 saturated heterocycles. The fourth-order valence-corrected chi connectivity index (χ4v) is 8.60. The number of ether oxygens (including phenoxy) is 2. The summed E-state index contributed by atoms with van der Waals surface area (Å²) in [5, 5.41) is 4.35. The zero-order valence-corrected chi connectivity index (χ0v) is 30.2. The van der Waals surface area contributed by atoms with Crippen molar-refractivity contribution in [2.24, 2.45) is 0 Å². The standard InChI is InChI=1S/C40H46N2O2S3/c1-3-5-7-9-11-13-26-43-34-18-15-17-30-29(34)20-23-33(40(30)44-27-14-12-10-8-6-4-2)37-25-24-36(46-37)32-22-21-31(35-19-16-28-45-35)38-39(32)42-47-41-38/h15-25,28H,3-14,26-27H2,1-2H3. The Bertz CT molecular complexity index is 1840. The fraction of sp³-hybridized carbons (Fsp3) is 0.400. The molecule has 7 heteroatoms. The third-order valence-electron chi connectivity index (χ3n) is 8.81. The van der Waals surface area contributed by atoms with Crippen molar-refractivity contribution in [3.05, 3.63) is 72.1 Å². The average Bonchev–Trinajstić information content (AvgIpc) is 3.90. The van der Waals surface area contributed by atoms with E-state index < -0.39 is 0 Å². The topological polar surface area (TPSA) is 44.2 Å². The molecule has 0 atom stereocenters. The number of hydrogen-bond acceptors (Lipinski definition) is 7. The van der Waals surface area contributed by atoms with Gasteiger partial charge < -0.3 is 9.47 Å². The first-order chi connectivity index (χ1) is 23.3. The molecule has 0 aliphatic carbocycles. The second-order valence-electron chi connectivity index (χ2n) is 12.3. The van der Waals surface area contributed by atoms with Crippen molar-refractivity contribution < 1.29 is 9.47 Å². The van der Waals surface area contributed by atoms with Crippen LogP contribution in [0.5, 0.6) is 11.5 Å². The Kier molecular flexibility index (Phi) is 12.3. The number of thiophene rings is 2. The van der Waals surface area contributed by atoms with E-state index >= 15 is 0 Å². The normalized spacial score (nSPS) is 11.5. The van der Waals surface area contributed by atoms with Crippen molar-refractivity contribution in [2.45, 2.75) is 90.9 Å². The summed E-state index contributed by atoms with van der Waals surface area (Å²) in [4.78, 5) is 3.60. The Balaban J connectivity index is 1.27. The summed E-state index contributed by atoms with van der Waals surface area (Å²) in [6, 6.07) is 24.0. The largest absolute Gasteiger partial charge is 0.493 e. The fourth-order valence-electron chi connectivity index (χ4n) is 6.22. The summed E-state index contributed by atoms with van der Waals surface area (Å²) in [7, 11) is 0.